The number of hydrogen-bond acceptors (Lipinski definition) is 3. The first-order chi connectivity index (χ1) is 14.1. The summed E-state index contributed by atoms with van der Waals surface area (Å²) in [6, 6.07) is 19.8. The standard InChI is InChI=1S/C23H30N6/c1-17-13-19(16-29(17)15-18-9-5-4-6-10-18)26-23(24-2)25-14-22-27-20-11-7-8-12-21(20)28(22)3/h4-12,17,19H,13-16H2,1-3H3,(H2,24,25,26). The van der Waals surface area contributed by atoms with E-state index in [4.69, 9.17) is 4.98 Å². The zero-order chi connectivity index (χ0) is 20.2. The Balaban J connectivity index is 1.34. The first-order valence-electron chi connectivity index (χ1n) is 10.3. The van der Waals surface area contributed by atoms with Crippen molar-refractivity contribution in [1.29, 1.82) is 0 Å². The highest BCUT2D eigenvalue weighted by atomic mass is 15.3. The minimum atomic E-state index is 0.389. The summed E-state index contributed by atoms with van der Waals surface area (Å²) in [5.41, 5.74) is 3.54. The predicted molar refractivity (Wildman–Crippen MR) is 119 cm³/mol. The molecule has 2 unspecified atom stereocenters. The summed E-state index contributed by atoms with van der Waals surface area (Å²) in [6.07, 6.45) is 1.11. The van der Waals surface area contributed by atoms with Gasteiger partial charge >= 0.3 is 0 Å². The number of likely N-dealkylation sites (tertiary alicyclic amines) is 1. The second kappa shape index (κ2) is 8.66. The molecule has 2 atom stereocenters. The van der Waals surface area contributed by atoms with Gasteiger partial charge < -0.3 is 15.2 Å². The molecule has 0 saturated carbocycles. The summed E-state index contributed by atoms with van der Waals surface area (Å²) in [6.45, 7) is 4.95. The van der Waals surface area contributed by atoms with Crippen molar-refractivity contribution in [3.63, 3.8) is 0 Å². The van der Waals surface area contributed by atoms with Crippen molar-refractivity contribution in [2.24, 2.45) is 12.0 Å². The van der Waals surface area contributed by atoms with Gasteiger partial charge in [0.15, 0.2) is 5.96 Å². The van der Waals surface area contributed by atoms with E-state index in [1.54, 1.807) is 0 Å². The Kier molecular flexibility index (Phi) is 5.81. The van der Waals surface area contributed by atoms with Gasteiger partial charge in [-0.25, -0.2) is 4.98 Å². The number of aliphatic imine (C=N–C) groups is 1. The van der Waals surface area contributed by atoms with E-state index in [1.165, 1.54) is 5.56 Å². The van der Waals surface area contributed by atoms with Gasteiger partial charge in [-0.15, -0.1) is 0 Å². The van der Waals surface area contributed by atoms with Crippen LogP contribution in [0, 0.1) is 0 Å². The van der Waals surface area contributed by atoms with Gasteiger partial charge in [0.25, 0.3) is 0 Å². The van der Waals surface area contributed by atoms with Gasteiger partial charge in [0.05, 0.1) is 17.6 Å². The number of nitrogens with one attached hydrogen (secondary N) is 2. The van der Waals surface area contributed by atoms with Crippen LogP contribution < -0.4 is 10.6 Å². The van der Waals surface area contributed by atoms with Gasteiger partial charge in [0.2, 0.25) is 0 Å². The molecule has 1 aliphatic rings. The predicted octanol–water partition coefficient (Wildman–Crippen LogP) is 2.90. The number of rotatable bonds is 5. The van der Waals surface area contributed by atoms with Crippen LogP contribution in [0.1, 0.15) is 24.7 Å². The number of fused-ring (bicyclic) bond motifs is 1. The molecule has 152 valence electrons. The first kappa shape index (κ1) is 19.5. The highest BCUT2D eigenvalue weighted by molar-refractivity contribution is 5.80. The molecule has 1 aromatic heterocycles. The molecule has 2 heterocycles. The van der Waals surface area contributed by atoms with E-state index in [2.05, 4.69) is 75.5 Å². The van der Waals surface area contributed by atoms with E-state index in [0.717, 1.165) is 42.3 Å². The van der Waals surface area contributed by atoms with E-state index >= 15 is 0 Å². The number of hydrogen-bond donors (Lipinski definition) is 2. The molecule has 6 heteroatoms. The number of benzene rings is 2. The third-order valence-corrected chi connectivity index (χ3v) is 5.79. The SMILES string of the molecule is CN=C(NCc1nc2ccccc2n1C)NC1CC(C)N(Cc2ccccc2)C1. The lowest BCUT2D eigenvalue weighted by Gasteiger charge is -2.21. The average molecular weight is 391 g/mol. The van der Waals surface area contributed by atoms with Crippen molar-refractivity contribution in [2.45, 2.75) is 38.5 Å². The second-order valence-corrected chi connectivity index (χ2v) is 7.84. The molecule has 0 amide bonds. The van der Waals surface area contributed by atoms with Crippen molar-refractivity contribution in [1.82, 2.24) is 25.1 Å². The number of aromatic nitrogens is 2. The topological polar surface area (TPSA) is 57.5 Å². The first-order valence-corrected chi connectivity index (χ1v) is 10.3. The number of guanidine groups is 1. The maximum atomic E-state index is 4.73. The Hall–Kier alpha value is -2.86. The largest absolute Gasteiger partial charge is 0.352 e. The summed E-state index contributed by atoms with van der Waals surface area (Å²) in [7, 11) is 3.88. The van der Waals surface area contributed by atoms with Gasteiger partial charge in [-0.3, -0.25) is 9.89 Å². The lowest BCUT2D eigenvalue weighted by molar-refractivity contribution is 0.258. The van der Waals surface area contributed by atoms with Crippen LogP contribution in [0.2, 0.25) is 0 Å². The number of para-hydroxylation sites is 2. The van der Waals surface area contributed by atoms with Crippen LogP contribution in [0.15, 0.2) is 59.6 Å². The summed E-state index contributed by atoms with van der Waals surface area (Å²) >= 11 is 0. The van der Waals surface area contributed by atoms with Crippen LogP contribution in [-0.4, -0.2) is 46.1 Å². The summed E-state index contributed by atoms with van der Waals surface area (Å²) < 4.78 is 2.13. The van der Waals surface area contributed by atoms with Crippen LogP contribution in [0.4, 0.5) is 0 Å². The maximum Gasteiger partial charge on any atom is 0.191 e. The summed E-state index contributed by atoms with van der Waals surface area (Å²) in [5, 5.41) is 7.03. The molecule has 0 spiro atoms. The molecule has 1 saturated heterocycles. The molecule has 0 radical (unpaired) electrons. The summed E-state index contributed by atoms with van der Waals surface area (Å²) in [4.78, 5) is 11.7. The van der Waals surface area contributed by atoms with E-state index in [0.29, 0.717) is 18.6 Å². The van der Waals surface area contributed by atoms with Gasteiger partial charge in [0, 0.05) is 39.3 Å². The Morgan fingerprint density at radius 1 is 1.14 bits per heavy atom. The molecule has 2 N–H and O–H groups in total. The van der Waals surface area contributed by atoms with Gasteiger partial charge in [0.1, 0.15) is 5.82 Å². The highest BCUT2D eigenvalue weighted by Crippen LogP contribution is 2.20. The molecule has 1 aliphatic heterocycles. The van der Waals surface area contributed by atoms with E-state index < -0.39 is 0 Å². The minimum absolute atomic E-state index is 0.389. The van der Waals surface area contributed by atoms with E-state index in [-0.39, 0.29) is 0 Å². The lowest BCUT2D eigenvalue weighted by atomic mass is 10.2. The molecule has 2 aromatic carbocycles. The van der Waals surface area contributed by atoms with Crippen molar-refractivity contribution < 1.29 is 0 Å². The zero-order valence-corrected chi connectivity index (χ0v) is 17.5. The van der Waals surface area contributed by atoms with E-state index in [1.807, 2.05) is 25.2 Å². The molecular formula is C23H30N6. The van der Waals surface area contributed by atoms with Crippen LogP contribution in [-0.2, 0) is 20.1 Å². The fourth-order valence-electron chi connectivity index (χ4n) is 4.15. The van der Waals surface area contributed by atoms with Crippen molar-refractivity contribution in [3.8, 4) is 0 Å². The molecule has 3 aromatic rings. The number of aryl methyl sites for hydroxylation is 1. The fraction of sp³-hybridized carbons (Fsp3) is 0.391. The van der Waals surface area contributed by atoms with Gasteiger partial charge in [-0.05, 0) is 31.0 Å². The molecule has 1 fully saturated rings. The smallest absolute Gasteiger partial charge is 0.191 e. The Morgan fingerprint density at radius 3 is 2.66 bits per heavy atom. The van der Waals surface area contributed by atoms with Crippen molar-refractivity contribution in [3.05, 3.63) is 66.0 Å². The molecular weight excluding hydrogens is 360 g/mol. The molecule has 4 rings (SSSR count). The van der Waals surface area contributed by atoms with Crippen LogP contribution in [0.5, 0.6) is 0 Å². The van der Waals surface area contributed by atoms with Crippen molar-refractivity contribution >= 4 is 17.0 Å². The molecule has 6 nitrogen and oxygen atoms in total. The van der Waals surface area contributed by atoms with Crippen LogP contribution >= 0.6 is 0 Å². The van der Waals surface area contributed by atoms with Crippen LogP contribution in [0.25, 0.3) is 11.0 Å². The maximum absolute atomic E-state index is 4.73. The normalized spacial score (nSPS) is 20.3. The zero-order valence-electron chi connectivity index (χ0n) is 17.5. The monoisotopic (exact) mass is 390 g/mol. The van der Waals surface area contributed by atoms with Crippen molar-refractivity contribution in [2.75, 3.05) is 13.6 Å². The Morgan fingerprint density at radius 2 is 1.90 bits per heavy atom. The second-order valence-electron chi connectivity index (χ2n) is 7.84. The quantitative estimate of drug-likeness (QED) is 0.520. The third kappa shape index (κ3) is 4.43. The number of imidazole rings is 1. The fourth-order valence-corrected chi connectivity index (χ4v) is 4.15. The third-order valence-electron chi connectivity index (χ3n) is 5.79. The van der Waals surface area contributed by atoms with E-state index in [9.17, 15) is 0 Å². The molecule has 29 heavy (non-hydrogen) atoms. The highest BCUT2D eigenvalue weighted by Gasteiger charge is 2.29. The van der Waals surface area contributed by atoms with Gasteiger partial charge in [-0.1, -0.05) is 42.5 Å². The van der Waals surface area contributed by atoms with Crippen LogP contribution in [0.3, 0.4) is 0 Å². The molecule has 0 aliphatic carbocycles. The average Bonchev–Trinajstić information content (AvgIpc) is 3.25. The van der Waals surface area contributed by atoms with Gasteiger partial charge in [-0.2, -0.15) is 0 Å². The molecule has 0 bridgehead atoms. The lowest BCUT2D eigenvalue weighted by Crippen LogP contribution is -2.44. The Bertz CT molecular complexity index is 977. The number of nitrogens with zero attached hydrogens (tertiary/aromatic N) is 4. The Labute approximate surface area is 172 Å². The summed E-state index contributed by atoms with van der Waals surface area (Å²) in [5.74, 6) is 1.83. The minimum Gasteiger partial charge on any atom is -0.352 e.